The number of allylic oxidation sites excluding steroid dienone is 1. The van der Waals surface area contributed by atoms with Crippen molar-refractivity contribution in [1.29, 1.82) is 0 Å². The fraction of sp³-hybridized carbons (Fsp3) is 0.741. The minimum Gasteiger partial charge on any atom is -0.507 e. The average molecular weight is 445 g/mol. The average Bonchev–Trinajstić information content (AvgIpc) is 3.06. The Kier molecular flexibility index (Phi) is 6.13. The number of aromatic hydroxyl groups is 1. The number of fused-ring (bicyclic) bond motifs is 3. The van der Waals surface area contributed by atoms with Gasteiger partial charge in [0.15, 0.2) is 0 Å². The maximum atomic E-state index is 12.7. The molecule has 0 aromatic carbocycles. The van der Waals surface area contributed by atoms with Gasteiger partial charge in [-0.05, 0) is 87.4 Å². The summed E-state index contributed by atoms with van der Waals surface area (Å²) in [6.45, 7) is 15.0. The van der Waals surface area contributed by atoms with Crippen molar-refractivity contribution in [3.63, 3.8) is 0 Å². The first-order chi connectivity index (χ1) is 15.0. The van der Waals surface area contributed by atoms with Crippen LogP contribution >= 0.6 is 0 Å². The van der Waals surface area contributed by atoms with Crippen LogP contribution in [0.15, 0.2) is 21.4 Å². The molecule has 2 aliphatic carbocycles. The van der Waals surface area contributed by atoms with Crippen LogP contribution in [-0.4, -0.2) is 29.0 Å². The lowest BCUT2D eigenvalue weighted by molar-refractivity contribution is -0.113. The van der Waals surface area contributed by atoms with E-state index in [2.05, 4.69) is 27.4 Å². The summed E-state index contributed by atoms with van der Waals surface area (Å²) in [5.41, 5.74) is 1.88. The first kappa shape index (κ1) is 23.6. The summed E-state index contributed by atoms with van der Waals surface area (Å²) >= 11 is 0. The molecule has 7 atom stereocenters. The van der Waals surface area contributed by atoms with Crippen molar-refractivity contribution in [3.05, 3.63) is 39.5 Å². The Morgan fingerprint density at radius 2 is 1.94 bits per heavy atom. The van der Waals surface area contributed by atoms with Gasteiger partial charge in [0, 0.05) is 12.2 Å². The summed E-state index contributed by atoms with van der Waals surface area (Å²) in [6.07, 6.45) is 6.94. The van der Waals surface area contributed by atoms with Crippen molar-refractivity contribution in [2.75, 3.05) is 6.61 Å². The number of ether oxygens (including phenoxy) is 1. The number of aryl methyl sites for hydroxylation is 1. The van der Waals surface area contributed by atoms with Gasteiger partial charge in [-0.25, -0.2) is 4.79 Å². The molecule has 0 amide bonds. The second kappa shape index (κ2) is 8.32. The van der Waals surface area contributed by atoms with E-state index in [0.717, 1.165) is 38.5 Å². The van der Waals surface area contributed by atoms with Gasteiger partial charge in [-0.1, -0.05) is 32.9 Å². The Hall–Kier alpha value is -1.59. The molecule has 1 aromatic heterocycles. The zero-order valence-electron chi connectivity index (χ0n) is 20.4. The van der Waals surface area contributed by atoms with E-state index in [1.54, 1.807) is 13.8 Å². The van der Waals surface area contributed by atoms with Crippen molar-refractivity contribution in [1.82, 2.24) is 0 Å². The summed E-state index contributed by atoms with van der Waals surface area (Å²) in [7, 11) is 0. The molecule has 178 valence electrons. The molecule has 0 bridgehead atoms. The predicted octanol–water partition coefficient (Wildman–Crippen LogP) is 5.07. The molecule has 1 aliphatic heterocycles. The number of rotatable bonds is 5. The van der Waals surface area contributed by atoms with E-state index in [9.17, 15) is 15.0 Å². The third-order valence-corrected chi connectivity index (χ3v) is 9.39. The first-order valence-electron chi connectivity index (χ1n) is 12.3. The highest BCUT2D eigenvalue weighted by Gasteiger charge is 2.61. The van der Waals surface area contributed by atoms with Crippen molar-refractivity contribution >= 4 is 0 Å². The Bertz CT molecular complexity index is 948. The molecule has 3 fully saturated rings. The van der Waals surface area contributed by atoms with Crippen molar-refractivity contribution < 1.29 is 19.4 Å². The lowest BCUT2D eigenvalue weighted by Gasteiger charge is -2.59. The topological polar surface area (TPSA) is 79.9 Å². The predicted molar refractivity (Wildman–Crippen MR) is 125 cm³/mol. The quantitative estimate of drug-likeness (QED) is 0.620. The van der Waals surface area contributed by atoms with Crippen molar-refractivity contribution in [2.45, 2.75) is 91.8 Å². The fourth-order valence-electron chi connectivity index (χ4n) is 7.43. The zero-order valence-corrected chi connectivity index (χ0v) is 20.4. The van der Waals surface area contributed by atoms with Gasteiger partial charge >= 0.3 is 5.63 Å². The molecule has 2 saturated carbocycles. The van der Waals surface area contributed by atoms with Gasteiger partial charge in [-0.2, -0.15) is 0 Å². The zero-order chi connectivity index (χ0) is 23.4. The van der Waals surface area contributed by atoms with E-state index >= 15 is 0 Å². The SMILES string of the molecule is C=C1CC[C@H]2[C@]3(C)C[C@@H](C[C@@H](C)CO)O[C@H]3CC[C@]2(C)[C@@H]1Cc1c(O)c(C)c(C)oc1=O. The highest BCUT2D eigenvalue weighted by atomic mass is 16.5. The maximum absolute atomic E-state index is 12.7. The largest absolute Gasteiger partial charge is 0.507 e. The van der Waals surface area contributed by atoms with Crippen LogP contribution in [0.3, 0.4) is 0 Å². The van der Waals surface area contributed by atoms with Gasteiger partial charge in [0.1, 0.15) is 11.5 Å². The van der Waals surface area contributed by atoms with Crippen LogP contribution in [0.25, 0.3) is 0 Å². The smallest absolute Gasteiger partial charge is 0.342 e. The van der Waals surface area contributed by atoms with Crippen molar-refractivity contribution in [2.24, 2.45) is 28.6 Å². The molecule has 1 aromatic rings. The molecular weight excluding hydrogens is 404 g/mol. The molecule has 0 radical (unpaired) electrons. The maximum Gasteiger partial charge on any atom is 0.342 e. The second-order valence-corrected chi connectivity index (χ2v) is 11.4. The highest BCUT2D eigenvalue weighted by molar-refractivity contribution is 5.40. The van der Waals surface area contributed by atoms with Crippen LogP contribution in [0.1, 0.15) is 76.2 Å². The molecule has 0 spiro atoms. The monoisotopic (exact) mass is 444 g/mol. The van der Waals surface area contributed by atoms with E-state index in [4.69, 9.17) is 9.15 Å². The van der Waals surface area contributed by atoms with Crippen LogP contribution in [0, 0.1) is 42.4 Å². The molecule has 4 rings (SSSR count). The van der Waals surface area contributed by atoms with Crippen LogP contribution in [0.4, 0.5) is 0 Å². The van der Waals surface area contributed by atoms with E-state index in [1.807, 2.05) is 0 Å². The van der Waals surface area contributed by atoms with E-state index in [-0.39, 0.29) is 47.2 Å². The fourth-order valence-corrected chi connectivity index (χ4v) is 7.43. The molecular formula is C27H40O5. The van der Waals surface area contributed by atoms with Gasteiger partial charge in [0.05, 0.1) is 17.8 Å². The lowest BCUT2D eigenvalue weighted by Crippen LogP contribution is -2.54. The molecule has 0 unspecified atom stereocenters. The normalized spacial score (nSPS) is 37.8. The molecule has 1 saturated heterocycles. The van der Waals surface area contributed by atoms with E-state index in [1.165, 1.54) is 5.57 Å². The summed E-state index contributed by atoms with van der Waals surface area (Å²) < 4.78 is 12.0. The minimum atomic E-state index is -0.425. The summed E-state index contributed by atoms with van der Waals surface area (Å²) in [4.78, 5) is 12.7. The Morgan fingerprint density at radius 3 is 2.62 bits per heavy atom. The highest BCUT2D eigenvalue weighted by Crippen LogP contribution is 2.65. The minimum absolute atomic E-state index is 0.000894. The Morgan fingerprint density at radius 1 is 1.22 bits per heavy atom. The second-order valence-electron chi connectivity index (χ2n) is 11.4. The Labute approximate surface area is 191 Å². The first-order valence-corrected chi connectivity index (χ1v) is 12.3. The lowest BCUT2D eigenvalue weighted by atomic mass is 9.45. The number of aliphatic hydroxyl groups is 1. The standard InChI is InChI=1S/C27H40O5/c1-15(14-28)11-19-13-27(6)22-8-7-16(2)21(26(22,5)10-9-23(27)32-19)12-20-24(29)17(3)18(4)31-25(20)30/h15,19,21-23,28-29H,2,7-14H2,1,3-6H3/t15-,19-,21-,22-,23+,26-,27+/m1/s1. The van der Waals surface area contributed by atoms with E-state index in [0.29, 0.717) is 29.2 Å². The van der Waals surface area contributed by atoms with Gasteiger partial charge < -0.3 is 19.4 Å². The van der Waals surface area contributed by atoms with Gasteiger partial charge in [-0.15, -0.1) is 0 Å². The van der Waals surface area contributed by atoms with Crippen LogP contribution in [0.5, 0.6) is 5.75 Å². The van der Waals surface area contributed by atoms with Crippen LogP contribution in [0.2, 0.25) is 0 Å². The van der Waals surface area contributed by atoms with Gasteiger partial charge in [0.25, 0.3) is 0 Å². The molecule has 5 heteroatoms. The Balaban J connectivity index is 1.65. The van der Waals surface area contributed by atoms with Crippen LogP contribution < -0.4 is 5.63 Å². The third-order valence-electron chi connectivity index (χ3n) is 9.39. The molecule has 5 nitrogen and oxygen atoms in total. The van der Waals surface area contributed by atoms with Gasteiger partial charge in [0.2, 0.25) is 0 Å². The summed E-state index contributed by atoms with van der Waals surface area (Å²) in [5, 5.41) is 20.3. The molecule has 32 heavy (non-hydrogen) atoms. The van der Waals surface area contributed by atoms with Crippen LogP contribution in [-0.2, 0) is 11.2 Å². The van der Waals surface area contributed by atoms with Crippen molar-refractivity contribution in [3.8, 4) is 5.75 Å². The van der Waals surface area contributed by atoms with E-state index < -0.39 is 5.63 Å². The van der Waals surface area contributed by atoms with Gasteiger partial charge in [-0.3, -0.25) is 0 Å². The number of hydrogen-bond acceptors (Lipinski definition) is 5. The summed E-state index contributed by atoms with van der Waals surface area (Å²) in [6, 6.07) is 0. The number of hydrogen-bond donors (Lipinski definition) is 2. The molecule has 2 N–H and O–H groups in total. The summed E-state index contributed by atoms with van der Waals surface area (Å²) in [5.74, 6) is 1.41. The molecule has 2 heterocycles. The number of aliphatic hydroxyl groups excluding tert-OH is 1. The molecule has 3 aliphatic rings. The third kappa shape index (κ3) is 3.66.